The lowest BCUT2D eigenvalue weighted by molar-refractivity contribution is 0.558. The molecule has 4 aromatic rings. The van der Waals surface area contributed by atoms with Crippen molar-refractivity contribution in [1.82, 2.24) is 9.55 Å². The van der Waals surface area contributed by atoms with Gasteiger partial charge in [-0.15, -0.1) is 0 Å². The molecule has 0 radical (unpaired) electrons. The third kappa shape index (κ3) is 4.33. The van der Waals surface area contributed by atoms with Gasteiger partial charge in [0.1, 0.15) is 17.3 Å². The topological polar surface area (TPSA) is 48.0 Å². The van der Waals surface area contributed by atoms with Crippen molar-refractivity contribution in [2.45, 2.75) is 34.6 Å². The molecule has 2 aromatic heterocycles. The van der Waals surface area contributed by atoms with Crippen LogP contribution >= 0.6 is 11.6 Å². The van der Waals surface area contributed by atoms with Gasteiger partial charge in [-0.05, 0) is 82.2 Å². The Balaban J connectivity index is 2.03. The highest BCUT2D eigenvalue weighted by Crippen LogP contribution is 2.37. The number of allylic oxidation sites excluding steroid dienone is 1. The summed E-state index contributed by atoms with van der Waals surface area (Å²) in [6.07, 6.45) is 1.73. The van der Waals surface area contributed by atoms with E-state index in [2.05, 4.69) is 4.98 Å². The third-order valence-corrected chi connectivity index (χ3v) is 5.72. The zero-order valence-corrected chi connectivity index (χ0v) is 20.2. The number of benzene rings is 2. The van der Waals surface area contributed by atoms with Gasteiger partial charge in [0.05, 0.1) is 5.69 Å². The predicted octanol–water partition coefficient (Wildman–Crippen LogP) is 7.44. The maximum Gasteiger partial charge on any atom is 0.255 e. The summed E-state index contributed by atoms with van der Waals surface area (Å²) < 4.78 is 36.0. The smallest absolute Gasteiger partial charge is 0.255 e. The molecule has 7 heteroatoms. The van der Waals surface area contributed by atoms with Gasteiger partial charge in [-0.25, -0.2) is 13.8 Å². The summed E-state index contributed by atoms with van der Waals surface area (Å²) in [5.74, 6) is -0.874. The first kappa shape index (κ1) is 23.6. The van der Waals surface area contributed by atoms with Crippen molar-refractivity contribution >= 4 is 17.7 Å². The second kappa shape index (κ2) is 9.03. The Morgan fingerprint density at radius 2 is 1.65 bits per heavy atom. The molecule has 0 spiro atoms. The predicted molar refractivity (Wildman–Crippen MR) is 131 cm³/mol. The van der Waals surface area contributed by atoms with Gasteiger partial charge in [-0.1, -0.05) is 17.2 Å². The molecule has 0 N–H and O–H groups in total. The average Bonchev–Trinajstić information content (AvgIpc) is 3.12. The monoisotopic (exact) mass is 480 g/mol. The summed E-state index contributed by atoms with van der Waals surface area (Å²) in [6.45, 7) is 9.33. The third-order valence-electron chi connectivity index (χ3n) is 5.50. The number of halogens is 3. The van der Waals surface area contributed by atoms with Gasteiger partial charge in [0, 0.05) is 34.0 Å². The van der Waals surface area contributed by atoms with Crippen LogP contribution in [0.2, 0.25) is 5.02 Å². The van der Waals surface area contributed by atoms with Crippen LogP contribution in [-0.2, 0) is 0 Å². The van der Waals surface area contributed by atoms with E-state index >= 15 is 0 Å². The van der Waals surface area contributed by atoms with E-state index in [1.807, 2.05) is 27.7 Å². The number of aryl methyl sites for hydroxylation is 2. The highest BCUT2D eigenvalue weighted by atomic mass is 35.5. The molecule has 0 atom stereocenters. The van der Waals surface area contributed by atoms with E-state index < -0.39 is 11.6 Å². The van der Waals surface area contributed by atoms with Crippen LogP contribution < -0.4 is 5.56 Å². The average molecular weight is 481 g/mol. The molecule has 0 bridgehead atoms. The van der Waals surface area contributed by atoms with Crippen molar-refractivity contribution in [3.05, 3.63) is 97.8 Å². The number of hydrogen-bond acceptors (Lipinski definition) is 3. The van der Waals surface area contributed by atoms with E-state index in [1.54, 1.807) is 35.8 Å². The molecular weight excluding hydrogens is 458 g/mol. The molecule has 0 saturated heterocycles. The molecule has 0 aliphatic heterocycles. The van der Waals surface area contributed by atoms with Gasteiger partial charge in [-0.3, -0.25) is 9.36 Å². The van der Waals surface area contributed by atoms with Crippen LogP contribution in [0.4, 0.5) is 8.78 Å². The fraction of sp³-hybridized carbons (Fsp3) is 0.185. The molecular formula is C27H23ClF2N2O2. The van der Waals surface area contributed by atoms with Gasteiger partial charge in [-0.2, -0.15) is 0 Å². The summed E-state index contributed by atoms with van der Waals surface area (Å²) in [7, 11) is 0. The highest BCUT2D eigenvalue weighted by molar-refractivity contribution is 6.30. The van der Waals surface area contributed by atoms with Crippen LogP contribution in [0.15, 0.2) is 57.2 Å². The standard InChI is InChI=1S/C27H23ClF2N2O2/c1-14(2)10-23-31-25(21-7-6-19(29)13-22(21)30)27(34-23)20-8-9-24(33)32(17(20)5)26-15(3)11-18(28)12-16(26)4/h6-13H,1-5H3. The number of nitrogens with zero attached hydrogens (tertiary/aromatic N) is 2. The number of pyridine rings is 1. The molecule has 0 unspecified atom stereocenters. The van der Waals surface area contributed by atoms with Crippen molar-refractivity contribution < 1.29 is 13.2 Å². The van der Waals surface area contributed by atoms with Crippen LogP contribution in [0.3, 0.4) is 0 Å². The molecule has 2 heterocycles. The Morgan fingerprint density at radius 1 is 1.00 bits per heavy atom. The van der Waals surface area contributed by atoms with Crippen molar-refractivity contribution in [2.75, 3.05) is 0 Å². The lowest BCUT2D eigenvalue weighted by Crippen LogP contribution is -2.22. The van der Waals surface area contributed by atoms with Gasteiger partial charge >= 0.3 is 0 Å². The molecule has 0 amide bonds. The minimum atomic E-state index is -0.756. The lowest BCUT2D eigenvalue weighted by atomic mass is 10.0. The van der Waals surface area contributed by atoms with Gasteiger partial charge in [0.15, 0.2) is 5.76 Å². The Hall–Kier alpha value is -3.51. The first-order valence-corrected chi connectivity index (χ1v) is 11.1. The first-order valence-electron chi connectivity index (χ1n) is 10.7. The fourth-order valence-corrected chi connectivity index (χ4v) is 4.43. The summed E-state index contributed by atoms with van der Waals surface area (Å²) in [5, 5.41) is 0.580. The summed E-state index contributed by atoms with van der Waals surface area (Å²) in [6, 6.07) is 9.97. The number of aromatic nitrogens is 2. The van der Waals surface area contributed by atoms with Crippen LogP contribution in [0.1, 0.15) is 36.6 Å². The van der Waals surface area contributed by atoms with Gasteiger partial charge in [0.2, 0.25) is 5.89 Å². The minimum absolute atomic E-state index is 0.101. The first-order chi connectivity index (χ1) is 16.1. The molecule has 0 aliphatic carbocycles. The summed E-state index contributed by atoms with van der Waals surface area (Å²) >= 11 is 6.20. The van der Waals surface area contributed by atoms with Crippen molar-refractivity contribution in [1.29, 1.82) is 0 Å². The Bertz CT molecular complexity index is 1490. The zero-order chi connectivity index (χ0) is 24.7. The van der Waals surface area contributed by atoms with Gasteiger partial charge in [0.25, 0.3) is 5.56 Å². The number of oxazole rings is 1. The van der Waals surface area contributed by atoms with E-state index in [0.29, 0.717) is 22.0 Å². The van der Waals surface area contributed by atoms with E-state index in [4.69, 9.17) is 16.0 Å². The van der Waals surface area contributed by atoms with Crippen molar-refractivity contribution in [2.24, 2.45) is 0 Å². The molecule has 174 valence electrons. The zero-order valence-electron chi connectivity index (χ0n) is 19.5. The summed E-state index contributed by atoms with van der Waals surface area (Å²) in [5.41, 5.74) is 4.57. The molecule has 4 nitrogen and oxygen atoms in total. The highest BCUT2D eigenvalue weighted by Gasteiger charge is 2.23. The maximum atomic E-state index is 14.8. The molecule has 2 aromatic carbocycles. The van der Waals surface area contributed by atoms with Crippen LogP contribution in [0.25, 0.3) is 34.3 Å². The van der Waals surface area contributed by atoms with Crippen LogP contribution in [0, 0.1) is 32.4 Å². The SMILES string of the molecule is CC(C)=Cc1nc(-c2ccc(F)cc2F)c(-c2ccc(=O)n(-c3c(C)cc(Cl)cc3C)c2C)o1. The number of rotatable bonds is 4. The fourth-order valence-electron chi connectivity index (χ4n) is 4.10. The lowest BCUT2D eigenvalue weighted by Gasteiger charge is -2.18. The molecule has 0 aliphatic rings. The Morgan fingerprint density at radius 3 is 2.26 bits per heavy atom. The largest absolute Gasteiger partial charge is 0.436 e. The molecule has 0 fully saturated rings. The second-order valence-corrected chi connectivity index (χ2v) is 8.91. The van der Waals surface area contributed by atoms with Crippen molar-refractivity contribution in [3.63, 3.8) is 0 Å². The second-order valence-electron chi connectivity index (χ2n) is 8.47. The van der Waals surface area contributed by atoms with E-state index in [9.17, 15) is 13.6 Å². The van der Waals surface area contributed by atoms with E-state index in [-0.39, 0.29) is 28.5 Å². The molecule has 4 rings (SSSR count). The quantitative estimate of drug-likeness (QED) is 0.305. The van der Waals surface area contributed by atoms with Crippen LogP contribution in [-0.4, -0.2) is 9.55 Å². The summed E-state index contributed by atoms with van der Waals surface area (Å²) in [4.78, 5) is 17.5. The molecule has 0 saturated carbocycles. The minimum Gasteiger partial charge on any atom is -0.436 e. The Kier molecular flexibility index (Phi) is 6.28. The molecule has 34 heavy (non-hydrogen) atoms. The maximum absolute atomic E-state index is 14.8. The van der Waals surface area contributed by atoms with E-state index in [1.165, 1.54) is 18.2 Å². The number of hydrogen-bond donors (Lipinski definition) is 0. The van der Waals surface area contributed by atoms with Crippen molar-refractivity contribution in [3.8, 4) is 28.3 Å². The Labute approximate surface area is 201 Å². The van der Waals surface area contributed by atoms with E-state index in [0.717, 1.165) is 22.8 Å². The van der Waals surface area contributed by atoms with Crippen LogP contribution in [0.5, 0.6) is 0 Å². The normalized spacial score (nSPS) is 11.1. The van der Waals surface area contributed by atoms with Gasteiger partial charge < -0.3 is 4.42 Å².